The van der Waals surface area contributed by atoms with Crippen molar-refractivity contribution in [2.24, 2.45) is 68.5 Å². The molecule has 0 bridgehead atoms. The molecule has 89 heavy (non-hydrogen) atoms. The van der Waals surface area contributed by atoms with Crippen LogP contribution in [0.25, 0.3) is 5.69 Å². The van der Waals surface area contributed by atoms with Crippen molar-refractivity contribution in [3.05, 3.63) is 129 Å². The molecule has 0 spiro atoms. The van der Waals surface area contributed by atoms with Gasteiger partial charge in [0.1, 0.15) is 34.1 Å². The van der Waals surface area contributed by atoms with Crippen LogP contribution in [0.3, 0.4) is 0 Å². The molecule has 8 atom stereocenters. The van der Waals surface area contributed by atoms with Crippen molar-refractivity contribution in [1.82, 2.24) is 9.55 Å². The first-order chi connectivity index (χ1) is 40.8. The Hall–Kier alpha value is -5.77. The average molecular weight is 1230 g/mol. The summed E-state index contributed by atoms with van der Waals surface area (Å²) in [7, 11) is 6.33. The monoisotopic (exact) mass is 1220 g/mol. The number of esters is 1. The number of phenolic OH excluding ortho intramolecular Hbond substituents is 1. The van der Waals surface area contributed by atoms with Crippen molar-refractivity contribution in [2.45, 2.75) is 228 Å². The molecule has 4 aliphatic carbocycles. The lowest BCUT2D eigenvalue weighted by atomic mass is 9.57. The zero-order valence-electron chi connectivity index (χ0n) is 59.2. The van der Waals surface area contributed by atoms with Crippen LogP contribution in [0.1, 0.15) is 267 Å². The highest BCUT2D eigenvalue weighted by Gasteiger charge is 2.45. The van der Waals surface area contributed by atoms with Gasteiger partial charge in [0.25, 0.3) is 0 Å². The predicted octanol–water partition coefficient (Wildman–Crippen LogP) is 20.6. The Morgan fingerprint density at radius 3 is 1.26 bits per heavy atom. The van der Waals surface area contributed by atoms with E-state index < -0.39 is 5.97 Å². The second-order valence-electron chi connectivity index (χ2n) is 32.6. The molecule has 5 aromatic rings. The molecule has 10 nitrogen and oxygen atoms in total. The third kappa shape index (κ3) is 17.0. The van der Waals surface area contributed by atoms with Gasteiger partial charge in [0, 0.05) is 12.4 Å². The molecule has 1 heterocycles. The number of carboxylic acids is 1. The molecule has 0 radical (unpaired) electrons. The molecule has 10 heteroatoms. The van der Waals surface area contributed by atoms with Crippen molar-refractivity contribution >= 4 is 11.9 Å². The van der Waals surface area contributed by atoms with Crippen LogP contribution in [0, 0.1) is 68.5 Å². The lowest BCUT2D eigenvalue weighted by Gasteiger charge is -2.47. The number of aromatic hydroxyl groups is 1. The van der Waals surface area contributed by atoms with Gasteiger partial charge < -0.3 is 33.7 Å². The third-order valence-electron chi connectivity index (χ3n) is 20.3. The summed E-state index contributed by atoms with van der Waals surface area (Å²) in [6.07, 6.45) is 14.6. The number of imidazole rings is 1. The van der Waals surface area contributed by atoms with Crippen LogP contribution in [0.5, 0.6) is 23.0 Å². The number of nitrogens with zero attached hydrogens (tertiary/aromatic N) is 2. The number of rotatable bonds is 9. The van der Waals surface area contributed by atoms with Gasteiger partial charge in [0.05, 0.1) is 40.5 Å². The number of methoxy groups -OCH3 is 4. The summed E-state index contributed by atoms with van der Waals surface area (Å²) in [6.45, 7) is 48.9. The van der Waals surface area contributed by atoms with E-state index in [0.717, 1.165) is 61.3 Å². The number of phenols is 1. The third-order valence-corrected chi connectivity index (χ3v) is 20.3. The second-order valence-corrected chi connectivity index (χ2v) is 32.6. The first-order valence-corrected chi connectivity index (χ1v) is 33.0. The minimum atomic E-state index is -0.921. The zero-order chi connectivity index (χ0) is 65.9. The molecule has 0 aliphatic heterocycles. The number of benzene rings is 4. The first-order valence-electron chi connectivity index (χ1n) is 33.0. The molecule has 1 aromatic heterocycles. The number of aromatic nitrogens is 2. The van der Waals surface area contributed by atoms with E-state index in [1.54, 1.807) is 21.3 Å². The molecule has 9 rings (SSSR count). The Kier molecular flexibility index (Phi) is 24.3. The van der Waals surface area contributed by atoms with Crippen molar-refractivity contribution < 1.29 is 38.7 Å². The Balaban J connectivity index is 0.000000216. The number of hydrogen-bond acceptors (Lipinski definition) is 8. The topological polar surface area (TPSA) is 129 Å². The highest BCUT2D eigenvalue weighted by Crippen LogP contribution is 2.56. The number of aromatic carboxylic acids is 1. The standard InChI is InChI=1S/C21H30N2O.2C20H30O3.C17H26O.CH4/c1-14(2)16-8-7-15-11-18(23-10-9-22-13-23)19(24-6)12-17(15)20(16)21(3,4)5;1-19(2,3)15-9-8-12-10-14(18(21)22)16(23-7)11-13(12)17(15)20(4,5)6;1-12(2)14-9-8-13-10-16(19(21)23-7)17(22-6)11-15(13)18(14)20(3,4)5;1-11(2)14-8-6-12-10-13(18)7-9-15(12)16(14)17(3,4)5;/h9-14,16,20H,7-8H2,1-6H3;10-11,15,17H,8-9H2,1-7H3,(H,21,22);10-12,14,18H,8-9H2,1-7H3;7,9-11,14,16,18H,6,8H2,1-5H3;1H4. The van der Waals surface area contributed by atoms with Crippen LogP contribution >= 0.6 is 0 Å². The molecule has 0 fully saturated rings. The summed E-state index contributed by atoms with van der Waals surface area (Å²) in [5, 5.41) is 19.1. The van der Waals surface area contributed by atoms with Crippen LogP contribution in [0.15, 0.2) is 73.3 Å². The van der Waals surface area contributed by atoms with Gasteiger partial charge in [0.15, 0.2) is 0 Å². The minimum absolute atomic E-state index is 0. The van der Waals surface area contributed by atoms with Crippen molar-refractivity contribution in [2.75, 3.05) is 28.4 Å². The Morgan fingerprint density at radius 1 is 0.494 bits per heavy atom. The van der Waals surface area contributed by atoms with E-state index in [1.807, 2.05) is 53.6 Å². The molecule has 2 N–H and O–H groups in total. The smallest absolute Gasteiger partial charge is 0.341 e. The maximum Gasteiger partial charge on any atom is 0.341 e. The molecule has 0 saturated carbocycles. The van der Waals surface area contributed by atoms with Gasteiger partial charge in [-0.25, -0.2) is 14.6 Å². The van der Waals surface area contributed by atoms with Crippen molar-refractivity contribution in [3.63, 3.8) is 0 Å². The molecule has 0 saturated heterocycles. The fourth-order valence-electron chi connectivity index (χ4n) is 16.4. The first kappa shape index (κ1) is 74.0. The lowest BCUT2D eigenvalue weighted by Crippen LogP contribution is -2.38. The highest BCUT2D eigenvalue weighted by molar-refractivity contribution is 5.93. The van der Waals surface area contributed by atoms with E-state index in [2.05, 4.69) is 175 Å². The van der Waals surface area contributed by atoms with Gasteiger partial charge in [-0.2, -0.15) is 0 Å². The maximum atomic E-state index is 12.0. The van der Waals surface area contributed by atoms with Crippen molar-refractivity contribution in [3.8, 4) is 28.7 Å². The zero-order valence-corrected chi connectivity index (χ0v) is 59.2. The summed E-state index contributed by atoms with van der Waals surface area (Å²) < 4.78 is 23.6. The minimum Gasteiger partial charge on any atom is -0.508 e. The van der Waals surface area contributed by atoms with E-state index >= 15 is 0 Å². The average Bonchev–Trinajstić information content (AvgIpc) is 1.48. The summed E-state index contributed by atoms with van der Waals surface area (Å²) in [4.78, 5) is 27.7. The largest absolute Gasteiger partial charge is 0.508 e. The fraction of sp³-hybridized carbons (Fsp3) is 0.633. The number of fused-ring (bicyclic) bond motifs is 4. The second kappa shape index (κ2) is 29.2. The number of aryl methyl sites for hydroxylation is 4. The van der Waals surface area contributed by atoms with Crippen LogP contribution in [-0.2, 0) is 30.4 Å². The van der Waals surface area contributed by atoms with Gasteiger partial charge in [0.2, 0.25) is 0 Å². The normalized spacial score (nSPS) is 21.6. The maximum absolute atomic E-state index is 12.0. The summed E-state index contributed by atoms with van der Waals surface area (Å²) in [5.74, 6) is 7.94. The van der Waals surface area contributed by atoms with Gasteiger partial charge in [-0.1, -0.05) is 159 Å². The molecule has 4 aliphatic rings. The number of carbonyl (C=O) groups excluding carboxylic acids is 1. The molecular weight excluding hydrogens is 1100 g/mol. The van der Waals surface area contributed by atoms with E-state index in [4.69, 9.17) is 18.9 Å². The van der Waals surface area contributed by atoms with E-state index in [0.29, 0.717) is 70.2 Å². The summed E-state index contributed by atoms with van der Waals surface area (Å²) in [6, 6.07) is 18.4. The molecular formula is C79H120N2O8. The van der Waals surface area contributed by atoms with Crippen molar-refractivity contribution in [1.29, 1.82) is 0 Å². The van der Waals surface area contributed by atoms with Gasteiger partial charge in [-0.3, -0.25) is 0 Å². The van der Waals surface area contributed by atoms with E-state index in [1.165, 1.54) is 70.9 Å². The van der Waals surface area contributed by atoms with Gasteiger partial charge in [-0.05, 0) is 237 Å². The lowest BCUT2D eigenvalue weighted by molar-refractivity contribution is 0.0595. The molecule has 4 aromatic carbocycles. The van der Waals surface area contributed by atoms with Gasteiger partial charge in [-0.15, -0.1) is 0 Å². The SMILES string of the molecule is C.CC(C)C1CCc2cc(O)ccc2C1C(C)(C)C.COC(=O)c1cc2c(cc1OC)C(C(C)(C)C)C(C(C)C)CC2.COc1cc2c(cc1-n1ccnc1)CCC(C(C)C)C2C(C)(C)C.COc1cc2c(cc1C(=O)O)CCC(C(C)(C)C)C2C(C)(C)C. The number of ether oxygens (including phenoxy) is 4. The molecule has 8 unspecified atom stereocenters. The van der Waals surface area contributed by atoms with Crippen LogP contribution < -0.4 is 14.2 Å². The van der Waals surface area contributed by atoms with E-state index in [-0.39, 0.29) is 46.0 Å². The Morgan fingerprint density at radius 2 is 0.876 bits per heavy atom. The Bertz CT molecular complexity index is 3150. The fourth-order valence-corrected chi connectivity index (χ4v) is 16.4. The summed E-state index contributed by atoms with van der Waals surface area (Å²) in [5.41, 5.74) is 13.7. The number of carbonyl (C=O) groups is 2. The van der Waals surface area contributed by atoms with Crippen LogP contribution in [-0.4, -0.2) is 60.1 Å². The Labute approximate surface area is 540 Å². The predicted molar refractivity (Wildman–Crippen MR) is 369 cm³/mol. The number of hydrogen-bond donors (Lipinski definition) is 2. The molecule has 494 valence electrons. The number of carboxylic acid groups (broad SMARTS) is 1. The summed E-state index contributed by atoms with van der Waals surface area (Å²) >= 11 is 0. The van der Waals surface area contributed by atoms with Crippen LogP contribution in [0.4, 0.5) is 0 Å². The van der Waals surface area contributed by atoms with Gasteiger partial charge >= 0.3 is 11.9 Å². The highest BCUT2D eigenvalue weighted by atomic mass is 16.5. The van der Waals surface area contributed by atoms with Crippen LogP contribution in [0.2, 0.25) is 0 Å². The quantitative estimate of drug-likeness (QED) is 0.139. The molecule has 0 amide bonds. The van der Waals surface area contributed by atoms with E-state index in [9.17, 15) is 19.8 Å².